The molecule has 0 aliphatic heterocycles. The van der Waals surface area contributed by atoms with Gasteiger partial charge in [0.25, 0.3) is 0 Å². The monoisotopic (exact) mass is 257 g/mol. The maximum atomic E-state index is 5.91. The number of hydrogen-bond acceptors (Lipinski definition) is 2. The Hall–Kier alpha value is -0.700. The Labute approximate surface area is 103 Å². The van der Waals surface area contributed by atoms with E-state index in [-0.39, 0.29) is 0 Å². The lowest BCUT2D eigenvalue weighted by molar-refractivity contribution is 1.49. The second-order valence-electron chi connectivity index (χ2n) is 3.25. The number of anilines is 2. The van der Waals surface area contributed by atoms with Crippen LogP contribution in [0.15, 0.2) is 29.0 Å². The molecular weight excluding hydrogens is 249 g/mol. The summed E-state index contributed by atoms with van der Waals surface area (Å²) in [6.45, 7) is 2.06. The van der Waals surface area contributed by atoms with Crippen LogP contribution in [0.5, 0.6) is 0 Å². The molecule has 4 heteroatoms. The highest BCUT2D eigenvalue weighted by atomic mass is 35.5. The Morgan fingerprint density at radius 1 is 1.07 bits per heavy atom. The smallest absolute Gasteiger partial charge is 0.0522 e. The standard InChI is InChI=1S/C11H9Cl2NS/c1-7-5-15-6-11(7)14-10-3-8(12)2-9(13)4-10/h2-6,14H,1H3. The van der Waals surface area contributed by atoms with Crippen LogP contribution in [0.3, 0.4) is 0 Å². The third-order valence-corrected chi connectivity index (χ3v) is 3.29. The van der Waals surface area contributed by atoms with E-state index in [9.17, 15) is 0 Å². The molecule has 0 saturated carbocycles. The first-order valence-electron chi connectivity index (χ1n) is 4.41. The summed E-state index contributed by atoms with van der Waals surface area (Å²) in [7, 11) is 0. The zero-order valence-electron chi connectivity index (χ0n) is 8.05. The van der Waals surface area contributed by atoms with Gasteiger partial charge < -0.3 is 5.32 Å². The average Bonchev–Trinajstić information content (AvgIpc) is 2.50. The molecule has 0 aliphatic rings. The predicted octanol–water partition coefficient (Wildman–Crippen LogP) is 5.11. The number of halogens is 2. The number of hydrogen-bond donors (Lipinski definition) is 1. The van der Waals surface area contributed by atoms with Gasteiger partial charge in [-0.25, -0.2) is 0 Å². The van der Waals surface area contributed by atoms with Crippen LogP contribution in [-0.4, -0.2) is 0 Å². The van der Waals surface area contributed by atoms with Crippen LogP contribution in [0, 0.1) is 6.92 Å². The third kappa shape index (κ3) is 2.65. The lowest BCUT2D eigenvalue weighted by Crippen LogP contribution is -1.89. The molecule has 0 atom stereocenters. The van der Waals surface area contributed by atoms with E-state index in [1.165, 1.54) is 5.56 Å². The Balaban J connectivity index is 2.28. The van der Waals surface area contributed by atoms with Gasteiger partial charge in [0.2, 0.25) is 0 Å². The van der Waals surface area contributed by atoms with Gasteiger partial charge in [-0.1, -0.05) is 23.2 Å². The van der Waals surface area contributed by atoms with E-state index >= 15 is 0 Å². The summed E-state index contributed by atoms with van der Waals surface area (Å²) in [6, 6.07) is 5.42. The molecule has 0 amide bonds. The number of rotatable bonds is 2. The lowest BCUT2D eigenvalue weighted by Gasteiger charge is -2.06. The minimum Gasteiger partial charge on any atom is -0.355 e. The van der Waals surface area contributed by atoms with Crippen LogP contribution in [0.4, 0.5) is 11.4 Å². The van der Waals surface area contributed by atoms with Crippen molar-refractivity contribution < 1.29 is 0 Å². The van der Waals surface area contributed by atoms with E-state index < -0.39 is 0 Å². The second-order valence-corrected chi connectivity index (χ2v) is 4.87. The minimum absolute atomic E-state index is 0.637. The first kappa shape index (κ1) is 10.8. The van der Waals surface area contributed by atoms with Gasteiger partial charge in [0.15, 0.2) is 0 Å². The van der Waals surface area contributed by atoms with Crippen molar-refractivity contribution in [2.24, 2.45) is 0 Å². The van der Waals surface area contributed by atoms with E-state index in [0.717, 1.165) is 11.4 Å². The van der Waals surface area contributed by atoms with Crippen LogP contribution in [0.1, 0.15) is 5.56 Å². The molecule has 15 heavy (non-hydrogen) atoms. The molecule has 0 unspecified atom stereocenters. The number of nitrogens with one attached hydrogen (secondary N) is 1. The normalized spacial score (nSPS) is 10.3. The summed E-state index contributed by atoms with van der Waals surface area (Å²) < 4.78 is 0. The summed E-state index contributed by atoms with van der Waals surface area (Å²) in [5.41, 5.74) is 3.23. The Kier molecular flexibility index (Phi) is 3.19. The molecule has 1 aromatic heterocycles. The maximum absolute atomic E-state index is 5.91. The van der Waals surface area contributed by atoms with Crippen molar-refractivity contribution in [2.45, 2.75) is 6.92 Å². The molecule has 2 rings (SSSR count). The number of thiophene rings is 1. The van der Waals surface area contributed by atoms with Crippen molar-refractivity contribution in [1.82, 2.24) is 0 Å². The molecule has 2 aromatic rings. The van der Waals surface area contributed by atoms with Gasteiger partial charge in [0, 0.05) is 21.1 Å². The van der Waals surface area contributed by atoms with Gasteiger partial charge >= 0.3 is 0 Å². The fourth-order valence-electron chi connectivity index (χ4n) is 1.27. The molecule has 78 valence electrons. The lowest BCUT2D eigenvalue weighted by atomic mass is 10.3. The quantitative estimate of drug-likeness (QED) is 0.789. The van der Waals surface area contributed by atoms with Crippen LogP contribution in [0.25, 0.3) is 0 Å². The van der Waals surface area contributed by atoms with Crippen LogP contribution in [0.2, 0.25) is 10.0 Å². The van der Waals surface area contributed by atoms with Gasteiger partial charge in [-0.2, -0.15) is 0 Å². The van der Waals surface area contributed by atoms with Gasteiger partial charge in [-0.3, -0.25) is 0 Å². The first-order chi connectivity index (χ1) is 7.15. The molecule has 0 spiro atoms. The van der Waals surface area contributed by atoms with Crippen molar-refractivity contribution in [3.05, 3.63) is 44.6 Å². The summed E-state index contributed by atoms with van der Waals surface area (Å²) in [5, 5.41) is 8.70. The van der Waals surface area contributed by atoms with E-state index in [2.05, 4.69) is 23.0 Å². The zero-order valence-corrected chi connectivity index (χ0v) is 10.4. The molecule has 0 bridgehead atoms. The highest BCUT2D eigenvalue weighted by molar-refractivity contribution is 7.08. The molecule has 0 aliphatic carbocycles. The largest absolute Gasteiger partial charge is 0.355 e. The average molecular weight is 258 g/mol. The molecule has 0 radical (unpaired) electrons. The summed E-state index contributed by atoms with van der Waals surface area (Å²) >= 11 is 13.5. The van der Waals surface area contributed by atoms with Crippen molar-refractivity contribution in [3.63, 3.8) is 0 Å². The summed E-state index contributed by atoms with van der Waals surface area (Å²) in [5.74, 6) is 0. The molecule has 1 aromatic carbocycles. The fraction of sp³-hybridized carbons (Fsp3) is 0.0909. The van der Waals surface area contributed by atoms with E-state index in [4.69, 9.17) is 23.2 Å². The Bertz CT molecular complexity index is 459. The van der Waals surface area contributed by atoms with Crippen molar-refractivity contribution >= 4 is 45.9 Å². The summed E-state index contributed by atoms with van der Waals surface area (Å²) in [4.78, 5) is 0. The number of aryl methyl sites for hydroxylation is 1. The minimum atomic E-state index is 0.637. The SMILES string of the molecule is Cc1cscc1Nc1cc(Cl)cc(Cl)c1. The molecule has 0 saturated heterocycles. The first-order valence-corrected chi connectivity index (χ1v) is 6.11. The van der Waals surface area contributed by atoms with Crippen LogP contribution < -0.4 is 5.32 Å². The van der Waals surface area contributed by atoms with E-state index in [1.54, 1.807) is 17.4 Å². The molecule has 0 fully saturated rings. The number of benzene rings is 1. The Morgan fingerprint density at radius 2 is 1.73 bits per heavy atom. The van der Waals surface area contributed by atoms with Crippen molar-refractivity contribution in [2.75, 3.05) is 5.32 Å². The molecule has 1 N–H and O–H groups in total. The molecule has 1 heterocycles. The third-order valence-electron chi connectivity index (χ3n) is 2.00. The van der Waals surface area contributed by atoms with Gasteiger partial charge in [-0.15, -0.1) is 11.3 Å². The Morgan fingerprint density at radius 3 is 2.27 bits per heavy atom. The van der Waals surface area contributed by atoms with Gasteiger partial charge in [-0.05, 0) is 36.1 Å². The van der Waals surface area contributed by atoms with Crippen LogP contribution >= 0.6 is 34.5 Å². The second kappa shape index (κ2) is 4.44. The zero-order chi connectivity index (χ0) is 10.8. The molecular formula is C11H9Cl2NS. The highest BCUT2D eigenvalue weighted by Crippen LogP contribution is 2.28. The summed E-state index contributed by atoms with van der Waals surface area (Å²) in [6.07, 6.45) is 0. The topological polar surface area (TPSA) is 12.0 Å². The van der Waals surface area contributed by atoms with Crippen LogP contribution in [-0.2, 0) is 0 Å². The van der Waals surface area contributed by atoms with E-state index in [0.29, 0.717) is 10.0 Å². The maximum Gasteiger partial charge on any atom is 0.0522 e. The van der Waals surface area contributed by atoms with Crippen molar-refractivity contribution in [1.29, 1.82) is 0 Å². The highest BCUT2D eigenvalue weighted by Gasteiger charge is 2.01. The van der Waals surface area contributed by atoms with Gasteiger partial charge in [0.1, 0.15) is 0 Å². The van der Waals surface area contributed by atoms with Crippen molar-refractivity contribution in [3.8, 4) is 0 Å². The predicted molar refractivity (Wildman–Crippen MR) is 68.8 cm³/mol. The fourth-order valence-corrected chi connectivity index (χ4v) is 2.58. The molecule has 1 nitrogen and oxygen atoms in total. The van der Waals surface area contributed by atoms with E-state index in [1.807, 2.05) is 12.1 Å². The van der Waals surface area contributed by atoms with Gasteiger partial charge in [0.05, 0.1) is 5.69 Å².